The van der Waals surface area contributed by atoms with E-state index in [1.54, 1.807) is 6.92 Å². The first-order valence-corrected chi connectivity index (χ1v) is 5.51. The van der Waals surface area contributed by atoms with E-state index >= 15 is 0 Å². The van der Waals surface area contributed by atoms with Crippen molar-refractivity contribution in [3.8, 4) is 0 Å². The van der Waals surface area contributed by atoms with Crippen LogP contribution in [0.4, 0.5) is 8.78 Å². The zero-order valence-electron chi connectivity index (χ0n) is 10.1. The molecule has 0 bridgehead atoms. The van der Waals surface area contributed by atoms with Crippen LogP contribution < -0.4 is 5.32 Å². The van der Waals surface area contributed by atoms with E-state index in [1.165, 1.54) is 0 Å². The van der Waals surface area contributed by atoms with Gasteiger partial charge in [-0.15, -0.1) is 17.0 Å². The van der Waals surface area contributed by atoms with Crippen molar-refractivity contribution in [3.63, 3.8) is 0 Å². The molecule has 1 aromatic rings. The summed E-state index contributed by atoms with van der Waals surface area (Å²) in [5.41, 5.74) is 0.0851. The van der Waals surface area contributed by atoms with Crippen LogP contribution >= 0.6 is 17.0 Å². The predicted octanol–water partition coefficient (Wildman–Crippen LogP) is 2.08. The van der Waals surface area contributed by atoms with Crippen molar-refractivity contribution in [3.05, 3.63) is 35.4 Å². The third-order valence-electron chi connectivity index (χ3n) is 2.95. The number of aliphatic hydroxyl groups is 1. The molecule has 3 atom stereocenters. The van der Waals surface area contributed by atoms with Crippen LogP contribution in [0.2, 0.25) is 0 Å². The molecule has 1 aliphatic heterocycles. The average molecular weight is 324 g/mol. The third-order valence-corrected chi connectivity index (χ3v) is 2.95. The lowest BCUT2D eigenvalue weighted by molar-refractivity contribution is -0.253. The Morgan fingerprint density at radius 3 is 2.33 bits per heavy atom. The van der Waals surface area contributed by atoms with E-state index in [-0.39, 0.29) is 35.2 Å². The molecule has 6 heteroatoms. The Morgan fingerprint density at radius 2 is 1.83 bits per heavy atom. The largest absolute Gasteiger partial charge is 0.361 e. The van der Waals surface area contributed by atoms with Crippen LogP contribution in [-0.4, -0.2) is 23.8 Å². The van der Waals surface area contributed by atoms with Crippen LogP contribution in [0, 0.1) is 11.6 Å². The Kier molecular flexibility index (Phi) is 4.83. The molecule has 0 aliphatic carbocycles. The second kappa shape index (κ2) is 5.61. The number of nitrogens with one attached hydrogen (secondary N) is 1. The molecule has 18 heavy (non-hydrogen) atoms. The maximum absolute atomic E-state index is 13.1. The highest BCUT2D eigenvalue weighted by atomic mass is 79.9. The first-order chi connectivity index (χ1) is 7.91. The Labute approximate surface area is 115 Å². The molecular formula is C12H16BrF2NO2. The van der Waals surface area contributed by atoms with Gasteiger partial charge in [-0.25, -0.2) is 8.78 Å². The highest BCUT2D eigenvalue weighted by Gasteiger charge is 2.41. The van der Waals surface area contributed by atoms with Crippen molar-refractivity contribution in [1.29, 1.82) is 0 Å². The van der Waals surface area contributed by atoms with E-state index in [2.05, 4.69) is 5.32 Å². The Balaban J connectivity index is 0.00000162. The highest BCUT2D eigenvalue weighted by molar-refractivity contribution is 8.93. The molecule has 0 aromatic heterocycles. The van der Waals surface area contributed by atoms with Crippen molar-refractivity contribution in [2.24, 2.45) is 0 Å². The summed E-state index contributed by atoms with van der Waals surface area (Å²) in [6.07, 6.45) is 0. The number of ether oxygens (including phenoxy) is 1. The van der Waals surface area contributed by atoms with Gasteiger partial charge in [0, 0.05) is 17.7 Å². The van der Waals surface area contributed by atoms with Gasteiger partial charge in [-0.1, -0.05) is 0 Å². The molecule has 1 fully saturated rings. The second-order valence-corrected chi connectivity index (χ2v) is 4.45. The second-order valence-electron chi connectivity index (χ2n) is 4.45. The van der Waals surface area contributed by atoms with Crippen LogP contribution in [0.3, 0.4) is 0 Å². The van der Waals surface area contributed by atoms with E-state index in [4.69, 9.17) is 4.74 Å². The standard InChI is InChI=1S/C12H15F2NO2.BrH/c1-7-6-17-12(16,8(2)15-7)9-3-10(13)5-11(14)4-9;/h3-5,7-8,15-16H,6H2,1-2H3;1H/t7-,8+,12-;/m1./s1. The Morgan fingerprint density at radius 1 is 1.28 bits per heavy atom. The number of rotatable bonds is 1. The molecule has 1 aliphatic rings. The van der Waals surface area contributed by atoms with Crippen molar-refractivity contribution >= 4 is 17.0 Å². The summed E-state index contributed by atoms with van der Waals surface area (Å²) < 4.78 is 31.6. The SMILES string of the molecule is Br.C[C@@H]1CO[C@@](O)(c2cc(F)cc(F)c2)[C@H](C)N1. The van der Waals surface area contributed by atoms with E-state index in [9.17, 15) is 13.9 Å². The quantitative estimate of drug-likeness (QED) is 0.831. The molecule has 1 heterocycles. The molecule has 0 radical (unpaired) electrons. The zero-order valence-corrected chi connectivity index (χ0v) is 11.8. The number of benzene rings is 1. The molecule has 0 amide bonds. The van der Waals surface area contributed by atoms with Crippen LogP contribution in [0.25, 0.3) is 0 Å². The maximum Gasteiger partial charge on any atom is 0.208 e. The number of morpholine rings is 1. The molecule has 1 saturated heterocycles. The minimum absolute atomic E-state index is 0. The summed E-state index contributed by atoms with van der Waals surface area (Å²) in [4.78, 5) is 0. The Hall–Kier alpha value is -0.560. The average Bonchev–Trinajstić information content (AvgIpc) is 2.22. The highest BCUT2D eigenvalue weighted by Crippen LogP contribution is 2.30. The summed E-state index contributed by atoms with van der Waals surface area (Å²) in [5.74, 6) is -3.17. The zero-order chi connectivity index (χ0) is 12.6. The van der Waals surface area contributed by atoms with Crippen molar-refractivity contribution in [1.82, 2.24) is 5.32 Å². The van der Waals surface area contributed by atoms with Gasteiger partial charge in [-0.2, -0.15) is 0 Å². The van der Waals surface area contributed by atoms with Gasteiger partial charge in [0.25, 0.3) is 0 Å². The molecule has 0 saturated carbocycles. The summed E-state index contributed by atoms with van der Waals surface area (Å²) in [7, 11) is 0. The van der Waals surface area contributed by atoms with Crippen LogP contribution in [0.1, 0.15) is 19.4 Å². The molecule has 2 N–H and O–H groups in total. The predicted molar refractivity (Wildman–Crippen MR) is 68.6 cm³/mol. The van der Waals surface area contributed by atoms with E-state index < -0.39 is 23.5 Å². The Bertz CT molecular complexity index is 412. The van der Waals surface area contributed by atoms with E-state index in [0.717, 1.165) is 18.2 Å². The number of hydrogen-bond donors (Lipinski definition) is 2. The van der Waals surface area contributed by atoms with E-state index in [0.29, 0.717) is 0 Å². The first-order valence-electron chi connectivity index (χ1n) is 5.51. The fraction of sp³-hybridized carbons (Fsp3) is 0.500. The number of hydrogen-bond acceptors (Lipinski definition) is 3. The van der Waals surface area contributed by atoms with Gasteiger partial charge >= 0.3 is 0 Å². The van der Waals surface area contributed by atoms with Crippen molar-refractivity contribution in [2.45, 2.75) is 31.7 Å². The lowest BCUT2D eigenvalue weighted by Crippen LogP contribution is -2.58. The number of halogens is 3. The minimum atomic E-state index is -1.70. The molecule has 2 rings (SSSR count). The molecule has 3 nitrogen and oxygen atoms in total. The molecule has 0 spiro atoms. The summed E-state index contributed by atoms with van der Waals surface area (Å²) in [6, 6.07) is 2.56. The molecule has 1 aromatic carbocycles. The summed E-state index contributed by atoms with van der Waals surface area (Å²) in [6.45, 7) is 3.89. The maximum atomic E-state index is 13.1. The van der Waals surface area contributed by atoms with Gasteiger partial charge in [-0.05, 0) is 26.0 Å². The van der Waals surface area contributed by atoms with E-state index in [1.807, 2.05) is 6.92 Å². The van der Waals surface area contributed by atoms with Gasteiger partial charge in [0.15, 0.2) is 0 Å². The lowest BCUT2D eigenvalue weighted by Gasteiger charge is -2.41. The fourth-order valence-electron chi connectivity index (χ4n) is 2.06. The lowest BCUT2D eigenvalue weighted by atomic mass is 9.96. The normalized spacial score (nSPS) is 31.8. The van der Waals surface area contributed by atoms with Gasteiger partial charge < -0.3 is 15.2 Å². The van der Waals surface area contributed by atoms with Gasteiger partial charge in [0.2, 0.25) is 5.79 Å². The third kappa shape index (κ3) is 2.88. The van der Waals surface area contributed by atoms with Crippen molar-refractivity contribution < 1.29 is 18.6 Å². The first kappa shape index (κ1) is 15.5. The molecule has 102 valence electrons. The van der Waals surface area contributed by atoms with Crippen LogP contribution in [-0.2, 0) is 10.5 Å². The molecule has 0 unspecified atom stereocenters. The van der Waals surface area contributed by atoms with Gasteiger partial charge in [0.1, 0.15) is 11.6 Å². The van der Waals surface area contributed by atoms with Crippen LogP contribution in [0.5, 0.6) is 0 Å². The molecular weight excluding hydrogens is 308 g/mol. The van der Waals surface area contributed by atoms with Crippen molar-refractivity contribution in [2.75, 3.05) is 6.61 Å². The summed E-state index contributed by atoms with van der Waals surface area (Å²) in [5, 5.41) is 13.4. The minimum Gasteiger partial charge on any atom is -0.361 e. The smallest absolute Gasteiger partial charge is 0.208 e. The monoisotopic (exact) mass is 323 g/mol. The van der Waals surface area contributed by atoms with Gasteiger partial charge in [-0.3, -0.25) is 0 Å². The summed E-state index contributed by atoms with van der Waals surface area (Å²) >= 11 is 0. The fourth-order valence-corrected chi connectivity index (χ4v) is 2.06. The van der Waals surface area contributed by atoms with Crippen LogP contribution in [0.15, 0.2) is 18.2 Å². The van der Waals surface area contributed by atoms with Gasteiger partial charge in [0.05, 0.1) is 12.6 Å². The topological polar surface area (TPSA) is 41.5 Å².